The van der Waals surface area contributed by atoms with Crippen LogP contribution in [0.25, 0.3) is 0 Å². The maximum Gasteiger partial charge on any atom is 0.274 e. The van der Waals surface area contributed by atoms with Gasteiger partial charge in [0, 0.05) is 0 Å². The molecule has 1 amide bonds. The van der Waals surface area contributed by atoms with Crippen LogP contribution in [0.3, 0.4) is 0 Å². The Morgan fingerprint density at radius 1 is 1.60 bits per heavy atom. The van der Waals surface area contributed by atoms with Gasteiger partial charge in [0.25, 0.3) is 5.91 Å². The number of carbonyl (C=O) groups excluding carboxylic acids is 1. The lowest BCUT2D eigenvalue weighted by Crippen LogP contribution is -2.40. The number of carbonyl (C=O) groups is 1. The SMILES string of the molecule is Cc1ccc(F)c(OC(C)C(=O)NN)c1. The second-order valence-corrected chi connectivity index (χ2v) is 3.20. The van der Waals surface area contributed by atoms with Crippen LogP contribution >= 0.6 is 0 Å². The molecule has 0 spiro atoms. The number of amides is 1. The molecular formula is C10H13FN2O2. The summed E-state index contributed by atoms with van der Waals surface area (Å²) in [7, 11) is 0. The Kier molecular flexibility index (Phi) is 3.62. The highest BCUT2D eigenvalue weighted by molar-refractivity contribution is 5.80. The predicted molar refractivity (Wildman–Crippen MR) is 53.6 cm³/mol. The largest absolute Gasteiger partial charge is 0.478 e. The molecule has 0 saturated carbocycles. The summed E-state index contributed by atoms with van der Waals surface area (Å²) in [5.41, 5.74) is 2.79. The lowest BCUT2D eigenvalue weighted by Gasteiger charge is -2.13. The Balaban J connectivity index is 2.80. The van der Waals surface area contributed by atoms with Gasteiger partial charge in [-0.25, -0.2) is 10.2 Å². The van der Waals surface area contributed by atoms with Gasteiger partial charge in [0.2, 0.25) is 0 Å². The average Bonchev–Trinajstić information content (AvgIpc) is 2.22. The fraction of sp³-hybridized carbons (Fsp3) is 0.300. The second kappa shape index (κ2) is 4.75. The Morgan fingerprint density at radius 2 is 2.27 bits per heavy atom. The van der Waals surface area contributed by atoms with E-state index in [1.54, 1.807) is 13.0 Å². The number of aryl methyl sites for hydroxylation is 1. The van der Waals surface area contributed by atoms with Crippen molar-refractivity contribution < 1.29 is 13.9 Å². The van der Waals surface area contributed by atoms with E-state index in [1.165, 1.54) is 19.1 Å². The van der Waals surface area contributed by atoms with E-state index in [1.807, 2.05) is 5.43 Å². The molecule has 0 heterocycles. The van der Waals surface area contributed by atoms with Gasteiger partial charge in [-0.2, -0.15) is 0 Å². The van der Waals surface area contributed by atoms with Crippen LogP contribution in [0.1, 0.15) is 12.5 Å². The van der Waals surface area contributed by atoms with E-state index in [-0.39, 0.29) is 5.75 Å². The standard InChI is InChI=1S/C10H13FN2O2/c1-6-3-4-8(11)9(5-6)15-7(2)10(14)13-12/h3-5,7H,12H2,1-2H3,(H,13,14). The van der Waals surface area contributed by atoms with Crippen LogP contribution < -0.4 is 16.0 Å². The lowest BCUT2D eigenvalue weighted by atomic mass is 10.2. The summed E-state index contributed by atoms with van der Waals surface area (Å²) in [5.74, 6) is 3.96. The molecular weight excluding hydrogens is 199 g/mol. The number of hydrazine groups is 1. The maximum atomic E-state index is 13.2. The molecule has 3 N–H and O–H groups in total. The van der Waals surface area contributed by atoms with Gasteiger partial charge in [0.1, 0.15) is 0 Å². The summed E-state index contributed by atoms with van der Waals surface area (Å²) in [4.78, 5) is 11.0. The third-order valence-corrected chi connectivity index (χ3v) is 1.90. The minimum atomic E-state index is -0.828. The minimum absolute atomic E-state index is 0.0473. The summed E-state index contributed by atoms with van der Waals surface area (Å²) in [6.07, 6.45) is -0.828. The molecule has 1 aromatic carbocycles. The first kappa shape index (κ1) is 11.5. The maximum absolute atomic E-state index is 13.2. The molecule has 1 atom stereocenters. The number of ether oxygens (including phenoxy) is 1. The lowest BCUT2D eigenvalue weighted by molar-refractivity contribution is -0.127. The molecule has 0 saturated heterocycles. The highest BCUT2D eigenvalue weighted by Crippen LogP contribution is 2.19. The van der Waals surface area contributed by atoms with Crippen molar-refractivity contribution in [2.24, 2.45) is 5.84 Å². The van der Waals surface area contributed by atoms with Gasteiger partial charge in [-0.3, -0.25) is 10.2 Å². The molecule has 4 nitrogen and oxygen atoms in total. The summed E-state index contributed by atoms with van der Waals surface area (Å²) in [5, 5.41) is 0. The molecule has 0 aromatic heterocycles. The molecule has 5 heteroatoms. The summed E-state index contributed by atoms with van der Waals surface area (Å²) in [6, 6.07) is 4.43. The smallest absolute Gasteiger partial charge is 0.274 e. The fourth-order valence-corrected chi connectivity index (χ4v) is 1.06. The Bertz CT molecular complexity index is 368. The molecule has 0 aliphatic carbocycles. The van der Waals surface area contributed by atoms with E-state index in [0.29, 0.717) is 0 Å². The first-order valence-corrected chi connectivity index (χ1v) is 4.48. The van der Waals surface area contributed by atoms with Gasteiger partial charge < -0.3 is 4.74 Å². The molecule has 0 bridgehead atoms. The van der Waals surface area contributed by atoms with Crippen molar-refractivity contribution in [3.05, 3.63) is 29.6 Å². The molecule has 0 radical (unpaired) electrons. The zero-order chi connectivity index (χ0) is 11.4. The average molecular weight is 212 g/mol. The van der Waals surface area contributed by atoms with Crippen LogP contribution in [-0.2, 0) is 4.79 Å². The first-order valence-electron chi connectivity index (χ1n) is 4.48. The monoisotopic (exact) mass is 212 g/mol. The van der Waals surface area contributed by atoms with Crippen molar-refractivity contribution in [2.75, 3.05) is 0 Å². The second-order valence-electron chi connectivity index (χ2n) is 3.20. The summed E-state index contributed by atoms with van der Waals surface area (Å²) < 4.78 is 18.3. The van der Waals surface area contributed by atoms with Crippen molar-refractivity contribution in [3.8, 4) is 5.75 Å². The van der Waals surface area contributed by atoms with Crippen molar-refractivity contribution in [2.45, 2.75) is 20.0 Å². The number of nitrogens with two attached hydrogens (primary N) is 1. The van der Waals surface area contributed by atoms with Gasteiger partial charge in [0.05, 0.1) is 0 Å². The van der Waals surface area contributed by atoms with Gasteiger partial charge in [0.15, 0.2) is 17.7 Å². The summed E-state index contributed by atoms with van der Waals surface area (Å²) in [6.45, 7) is 3.30. The number of halogens is 1. The number of benzene rings is 1. The number of hydrogen-bond donors (Lipinski definition) is 2. The molecule has 15 heavy (non-hydrogen) atoms. The van der Waals surface area contributed by atoms with E-state index in [4.69, 9.17) is 10.6 Å². The third kappa shape index (κ3) is 2.92. The molecule has 0 aliphatic heterocycles. The molecule has 82 valence electrons. The quantitative estimate of drug-likeness (QED) is 0.444. The van der Waals surface area contributed by atoms with Crippen LogP contribution in [0.4, 0.5) is 4.39 Å². The zero-order valence-corrected chi connectivity index (χ0v) is 8.58. The van der Waals surface area contributed by atoms with E-state index >= 15 is 0 Å². The Morgan fingerprint density at radius 3 is 2.87 bits per heavy atom. The topological polar surface area (TPSA) is 64.3 Å². The summed E-state index contributed by atoms with van der Waals surface area (Å²) >= 11 is 0. The Hall–Kier alpha value is -1.62. The number of rotatable bonds is 3. The normalized spacial score (nSPS) is 12.0. The van der Waals surface area contributed by atoms with Crippen LogP contribution in [0, 0.1) is 12.7 Å². The highest BCUT2D eigenvalue weighted by atomic mass is 19.1. The molecule has 1 aromatic rings. The van der Waals surface area contributed by atoms with Crippen molar-refractivity contribution in [3.63, 3.8) is 0 Å². The van der Waals surface area contributed by atoms with Crippen LogP contribution in [0.5, 0.6) is 5.75 Å². The molecule has 0 fully saturated rings. The Labute approximate surface area is 87.2 Å². The van der Waals surface area contributed by atoms with E-state index in [9.17, 15) is 9.18 Å². The van der Waals surface area contributed by atoms with E-state index in [0.717, 1.165) is 5.56 Å². The number of hydrogen-bond acceptors (Lipinski definition) is 3. The fourth-order valence-electron chi connectivity index (χ4n) is 1.06. The number of nitrogens with one attached hydrogen (secondary N) is 1. The van der Waals surface area contributed by atoms with E-state index < -0.39 is 17.8 Å². The van der Waals surface area contributed by atoms with Crippen molar-refractivity contribution in [1.82, 2.24) is 5.43 Å². The third-order valence-electron chi connectivity index (χ3n) is 1.90. The van der Waals surface area contributed by atoms with Crippen LogP contribution in [0.2, 0.25) is 0 Å². The van der Waals surface area contributed by atoms with Gasteiger partial charge in [-0.05, 0) is 31.5 Å². The minimum Gasteiger partial charge on any atom is -0.478 e. The van der Waals surface area contributed by atoms with E-state index in [2.05, 4.69) is 0 Å². The highest BCUT2D eigenvalue weighted by Gasteiger charge is 2.15. The van der Waals surface area contributed by atoms with Gasteiger partial charge in [-0.15, -0.1) is 0 Å². The zero-order valence-electron chi connectivity index (χ0n) is 8.58. The predicted octanol–water partition coefficient (Wildman–Crippen LogP) is 0.891. The van der Waals surface area contributed by atoms with Crippen molar-refractivity contribution >= 4 is 5.91 Å². The molecule has 0 aliphatic rings. The van der Waals surface area contributed by atoms with Gasteiger partial charge in [-0.1, -0.05) is 6.07 Å². The van der Waals surface area contributed by atoms with Crippen molar-refractivity contribution in [1.29, 1.82) is 0 Å². The van der Waals surface area contributed by atoms with Gasteiger partial charge >= 0.3 is 0 Å². The molecule has 1 unspecified atom stereocenters. The molecule has 1 rings (SSSR count). The van der Waals surface area contributed by atoms with Crippen LogP contribution in [-0.4, -0.2) is 12.0 Å². The first-order chi connectivity index (χ1) is 7.04. The van der Waals surface area contributed by atoms with Crippen LogP contribution in [0.15, 0.2) is 18.2 Å².